The molecule has 33 nitrogen and oxygen atoms in total. The number of nitrogens with zero attached hydrogens (tertiary/aromatic N) is 5. The van der Waals surface area contributed by atoms with Gasteiger partial charge in [-0.2, -0.15) is 0 Å². The number of aromatic hydroxyl groups is 2. The summed E-state index contributed by atoms with van der Waals surface area (Å²) >= 11 is 2.21. The third-order valence-corrected chi connectivity index (χ3v) is 24.9. The molecule has 0 radical (unpaired) electrons. The summed E-state index contributed by atoms with van der Waals surface area (Å²) in [5.41, 5.74) is 8.70. The number of aliphatic hydroxyl groups is 1. The van der Waals surface area contributed by atoms with Crippen molar-refractivity contribution in [1.82, 2.24) is 72.4 Å². The van der Waals surface area contributed by atoms with Gasteiger partial charge in [0, 0.05) is 83.7 Å². The normalized spacial score (nSPS) is 22.9. The Morgan fingerprint density at radius 1 is 0.488 bits per heavy atom. The minimum absolute atomic E-state index is 0.0353. The fraction of sp³-hybridized carbons (Fsp3) is 0.436. The molecule has 2 aliphatic rings. The molecular weight excluding hydrogens is 1690 g/mol. The van der Waals surface area contributed by atoms with Crippen molar-refractivity contribution in [3.63, 3.8) is 0 Å². The molecule has 9 rings (SSSR count). The number of thioether (sulfide) groups is 1. The summed E-state index contributed by atoms with van der Waals surface area (Å²) in [6.07, 6.45) is 0.300. The molecule has 15 amide bonds. The lowest BCUT2D eigenvalue weighted by Gasteiger charge is -2.38. The Balaban J connectivity index is 1.11. The van der Waals surface area contributed by atoms with Gasteiger partial charge in [0.2, 0.25) is 88.6 Å². The number of likely N-dealkylation sites (N-methyl/N-ethyl adjacent to an activating group) is 4. The summed E-state index contributed by atoms with van der Waals surface area (Å²) in [5, 5.41) is 58.7. The van der Waals surface area contributed by atoms with Crippen molar-refractivity contribution in [3.05, 3.63) is 203 Å². The second kappa shape index (κ2) is 48.4. The first-order valence-electron chi connectivity index (χ1n) is 43.3. The Bertz CT molecular complexity index is 5050. The van der Waals surface area contributed by atoms with Gasteiger partial charge < -0.3 is 93.4 Å². The lowest BCUT2D eigenvalue weighted by molar-refractivity contribution is -0.152. The van der Waals surface area contributed by atoms with E-state index in [2.05, 4.69) is 47.9 Å². The third kappa shape index (κ3) is 28.9. The monoisotopic (exact) mass is 1810 g/mol. The average molecular weight is 1810 g/mol. The maximum absolute atomic E-state index is 15.7. The quantitative estimate of drug-likeness (QED) is 0.0463. The molecule has 2 saturated heterocycles. The maximum Gasteiger partial charge on any atom is 0.246 e. The van der Waals surface area contributed by atoms with E-state index in [0.717, 1.165) is 31.6 Å². The van der Waals surface area contributed by atoms with Crippen LogP contribution in [-0.2, 0) is 110 Å². The Labute approximate surface area is 758 Å². The van der Waals surface area contributed by atoms with Crippen LogP contribution in [0.25, 0.3) is 10.1 Å². The highest BCUT2D eigenvalue weighted by molar-refractivity contribution is 8.00. The number of aliphatic hydroxyl groups excluding tert-OH is 1. The predicted octanol–water partition coefficient (Wildman–Crippen LogP) is 3.11. The fourth-order valence-corrected chi connectivity index (χ4v) is 17.5. The smallest absolute Gasteiger partial charge is 0.246 e. The standard InChI is InChI=1S/C94H119N15O18S2/c1-10-11-31-75-93(126)109-42-23-32-74(109)88(121)102-72(52-110)87(120)104-82(57(4)5)94(127)107(8)76(47-59-26-17-13-18-27-59)89(122)101-70(46-62-36-40-65(112)41-37-62)90(123)105(6)51-80(114)97-69(49-63-53-129-78-33-22-21-30-66(63)78)86(119)100-68(44-61-34-38-64(111)39-35-61)85(118)99-67(43-56(2)3)84(117)103-73(83(116)96-50-79(95)113)54-128-55-81(115)98-71(45-58-24-15-12-16-25-58)91(124)108(9)77(92(125)106(75)7)48-60-28-19-14-20-29-60/h12-22,24-30,33-41,53,56-57,67-77,82,110-112H,10-11,23,31-32,42-52,54-55H2,1-9H3,(H2,95,113)(H,96,116)(H,97,114)(H,98,115)(H,99,118)(H,100,119)(H,101,122)(H,102,121)(H,103,117)(H,104,120)/t67-,68-,69-,70-,71-,72-,73-,74+,75-,76-,77-,82-/m0/s1. The van der Waals surface area contributed by atoms with E-state index in [1.165, 1.54) is 103 Å². The molecule has 0 bridgehead atoms. The highest BCUT2D eigenvalue weighted by Crippen LogP contribution is 2.29. The second-order valence-electron chi connectivity index (χ2n) is 33.5. The number of fused-ring (bicyclic) bond motifs is 2. The summed E-state index contributed by atoms with van der Waals surface area (Å²) in [7, 11) is 5.46. The molecule has 0 aliphatic carbocycles. The van der Waals surface area contributed by atoms with E-state index in [0.29, 0.717) is 52.6 Å². The van der Waals surface area contributed by atoms with Crippen LogP contribution in [0.3, 0.4) is 0 Å². The van der Waals surface area contributed by atoms with Gasteiger partial charge in [-0.1, -0.05) is 181 Å². The lowest BCUT2D eigenvalue weighted by atomic mass is 9.98. The first-order chi connectivity index (χ1) is 61.6. The van der Waals surface area contributed by atoms with Crippen LogP contribution >= 0.6 is 23.1 Å². The largest absolute Gasteiger partial charge is 0.508 e. The van der Waals surface area contributed by atoms with Gasteiger partial charge in [0.15, 0.2) is 0 Å². The van der Waals surface area contributed by atoms with Gasteiger partial charge in [-0.25, -0.2) is 0 Å². The molecular formula is C94H119N15O18S2. The number of unbranched alkanes of at least 4 members (excludes halogenated alkanes) is 1. The average Bonchev–Trinajstić information content (AvgIpc) is 1.77. The fourth-order valence-electron chi connectivity index (χ4n) is 15.6. The Morgan fingerprint density at radius 2 is 0.969 bits per heavy atom. The number of amides is 15. The van der Waals surface area contributed by atoms with Crippen LogP contribution in [0.2, 0.25) is 0 Å². The van der Waals surface area contributed by atoms with Crippen molar-refractivity contribution in [2.45, 2.75) is 184 Å². The minimum Gasteiger partial charge on any atom is -0.508 e. The van der Waals surface area contributed by atoms with Crippen LogP contribution in [0, 0.1) is 11.8 Å². The molecule has 0 spiro atoms. The van der Waals surface area contributed by atoms with Crippen LogP contribution in [0.1, 0.15) is 107 Å². The first-order valence-corrected chi connectivity index (χ1v) is 45.3. The predicted molar refractivity (Wildman–Crippen MR) is 488 cm³/mol. The van der Waals surface area contributed by atoms with Gasteiger partial charge in [0.05, 0.1) is 25.4 Å². The van der Waals surface area contributed by atoms with E-state index < -0.39 is 192 Å². The number of hydrogen-bond acceptors (Lipinski definition) is 20. The van der Waals surface area contributed by atoms with Crippen molar-refractivity contribution in [2.24, 2.45) is 17.6 Å². The van der Waals surface area contributed by atoms with E-state index in [9.17, 15) is 48.9 Å². The molecule has 2 fully saturated rings. The number of nitrogens with one attached hydrogen (secondary N) is 9. The highest BCUT2D eigenvalue weighted by atomic mass is 32.2. The van der Waals surface area contributed by atoms with Crippen LogP contribution < -0.4 is 53.6 Å². The van der Waals surface area contributed by atoms with Gasteiger partial charge in [-0.05, 0) is 112 Å². The Kier molecular flexibility index (Phi) is 37.5. The van der Waals surface area contributed by atoms with Crippen molar-refractivity contribution in [2.75, 3.05) is 65.9 Å². The zero-order valence-electron chi connectivity index (χ0n) is 74.1. The van der Waals surface area contributed by atoms with Gasteiger partial charge in [-0.3, -0.25) is 71.9 Å². The summed E-state index contributed by atoms with van der Waals surface area (Å²) in [6, 6.07) is 27.4. The molecule has 12 atom stereocenters. The number of rotatable bonds is 22. The number of thiophene rings is 1. The van der Waals surface area contributed by atoms with E-state index in [1.54, 1.807) is 130 Å². The van der Waals surface area contributed by atoms with Crippen molar-refractivity contribution >= 4 is 122 Å². The first kappa shape index (κ1) is 100. The third-order valence-electron chi connectivity index (χ3n) is 22.8. The molecule has 3 heterocycles. The molecule has 6 aromatic carbocycles. The van der Waals surface area contributed by atoms with E-state index in [4.69, 9.17) is 5.73 Å². The molecule has 1 aromatic heterocycles. The summed E-state index contributed by atoms with van der Waals surface area (Å²) in [5.74, 6) is -14.8. The van der Waals surface area contributed by atoms with E-state index in [1.807, 2.05) is 25.1 Å². The number of carbonyl (C=O) groups excluding carboxylic acids is 15. The van der Waals surface area contributed by atoms with Gasteiger partial charge in [-0.15, -0.1) is 23.1 Å². The van der Waals surface area contributed by atoms with Crippen molar-refractivity contribution < 1.29 is 87.2 Å². The molecule has 7 aromatic rings. The minimum atomic E-state index is -1.73. The van der Waals surface area contributed by atoms with Gasteiger partial charge in [0.1, 0.15) is 84.0 Å². The van der Waals surface area contributed by atoms with Gasteiger partial charge >= 0.3 is 0 Å². The molecule has 2 aliphatic heterocycles. The number of phenolic OH excluding ortho intramolecular Hbond substituents is 2. The zero-order valence-corrected chi connectivity index (χ0v) is 75.7. The van der Waals surface area contributed by atoms with Crippen LogP contribution in [0.4, 0.5) is 0 Å². The number of primary amides is 1. The second-order valence-corrected chi connectivity index (χ2v) is 35.4. The highest BCUT2D eigenvalue weighted by Gasteiger charge is 2.45. The summed E-state index contributed by atoms with van der Waals surface area (Å²) < 4.78 is 0.831. The number of nitrogens with two attached hydrogens (primary N) is 1. The van der Waals surface area contributed by atoms with Gasteiger partial charge in [0.25, 0.3) is 0 Å². The molecule has 14 N–H and O–H groups in total. The summed E-state index contributed by atoms with van der Waals surface area (Å²) in [4.78, 5) is 229. The number of hydrogen-bond donors (Lipinski definition) is 13. The molecule has 35 heteroatoms. The number of phenols is 2. The van der Waals surface area contributed by atoms with E-state index >= 15 is 38.4 Å². The van der Waals surface area contributed by atoms with Crippen molar-refractivity contribution in [1.29, 1.82) is 0 Å². The lowest BCUT2D eigenvalue weighted by Crippen LogP contribution is -2.62. The molecule has 129 heavy (non-hydrogen) atoms. The Morgan fingerprint density at radius 3 is 1.53 bits per heavy atom. The van der Waals surface area contributed by atoms with E-state index in [-0.39, 0.29) is 87.5 Å². The Hall–Kier alpha value is -12.8. The molecule has 690 valence electrons. The molecule has 0 saturated carbocycles. The zero-order chi connectivity index (χ0) is 93.7. The SMILES string of the molecule is CCCC[C@H]1C(=O)N2CCC[C@@H]2C(=O)N[C@@H](CO)C(=O)N[C@@H](C(C)C)C(=O)N(C)[C@@H](Cc2ccccc2)C(=O)N[C@@H](Cc2ccc(O)cc2)C(=O)N(C)CC(=O)N[C@@H](Cc2csc3ccccc23)C(=O)N[C@@H](Cc2ccc(O)cc2)C(=O)N[C@@H](CC(C)C)C(=O)N[C@H](C(=O)NCC(N)=O)CSCC(=O)N[C@@H](Cc2ccccc2)C(=O)N(C)[C@@H](Cc2ccccc2)C(=O)N1C. The van der Waals surface area contributed by atoms with Crippen LogP contribution in [0.15, 0.2) is 169 Å². The number of carbonyl (C=O) groups is 15. The topological polar surface area (TPSA) is 467 Å². The van der Waals surface area contributed by atoms with Crippen LogP contribution in [-0.4, -0.2) is 267 Å². The van der Waals surface area contributed by atoms with Crippen molar-refractivity contribution in [3.8, 4) is 11.5 Å². The van der Waals surface area contributed by atoms with Crippen LogP contribution in [0.5, 0.6) is 11.5 Å². The summed E-state index contributed by atoms with van der Waals surface area (Å²) in [6.45, 7) is 6.26. The molecule has 0 unspecified atom stereocenters. The number of benzene rings is 6. The maximum atomic E-state index is 15.7.